The van der Waals surface area contributed by atoms with Gasteiger partial charge < -0.3 is 14.7 Å². The zero-order valence-corrected chi connectivity index (χ0v) is 19.2. The third-order valence-electron chi connectivity index (χ3n) is 8.74. The van der Waals surface area contributed by atoms with Gasteiger partial charge in [0.2, 0.25) is 0 Å². The Bertz CT molecular complexity index is 672. The molecule has 1 aromatic heterocycles. The molecule has 5 rings (SSSR count). The minimum absolute atomic E-state index is 0.618. The molecule has 0 aromatic carbocycles. The van der Waals surface area contributed by atoms with E-state index in [-0.39, 0.29) is 0 Å². The number of likely N-dealkylation sites (tertiary alicyclic amines) is 1. The number of hydrogen-bond donors (Lipinski definition) is 0. The van der Waals surface area contributed by atoms with Gasteiger partial charge in [-0.15, -0.1) is 0 Å². The van der Waals surface area contributed by atoms with Crippen molar-refractivity contribution in [2.24, 2.45) is 5.41 Å². The first-order valence-corrected chi connectivity index (χ1v) is 12.6. The Hall–Kier alpha value is -1.33. The van der Waals surface area contributed by atoms with Gasteiger partial charge in [0.15, 0.2) is 0 Å². The minimum Gasteiger partial charge on any atom is -0.368 e. The molecule has 4 aliphatic rings. The summed E-state index contributed by atoms with van der Waals surface area (Å²) >= 11 is 0. The van der Waals surface area contributed by atoms with Gasteiger partial charge in [0.25, 0.3) is 0 Å². The van der Waals surface area contributed by atoms with E-state index in [9.17, 15) is 0 Å². The quantitative estimate of drug-likeness (QED) is 0.750. The zero-order chi connectivity index (χ0) is 20.6. The largest absolute Gasteiger partial charge is 0.368 e. The first-order chi connectivity index (χ1) is 14.6. The van der Waals surface area contributed by atoms with Crippen LogP contribution < -0.4 is 9.80 Å². The van der Waals surface area contributed by atoms with Crippen LogP contribution in [0.5, 0.6) is 0 Å². The Morgan fingerprint density at radius 2 is 1.50 bits per heavy atom. The van der Waals surface area contributed by atoms with Crippen molar-refractivity contribution in [1.82, 2.24) is 14.8 Å². The molecule has 5 heteroatoms. The lowest BCUT2D eigenvalue weighted by Crippen LogP contribution is -2.51. The van der Waals surface area contributed by atoms with Crippen molar-refractivity contribution in [3.63, 3.8) is 0 Å². The topological polar surface area (TPSA) is 25.9 Å². The summed E-state index contributed by atoms with van der Waals surface area (Å²) in [6, 6.07) is 6.15. The molecule has 1 aromatic rings. The molecule has 3 saturated heterocycles. The van der Waals surface area contributed by atoms with Gasteiger partial charge in [-0.3, -0.25) is 4.90 Å². The van der Waals surface area contributed by atoms with Crippen LogP contribution in [0.3, 0.4) is 0 Å². The van der Waals surface area contributed by atoms with E-state index in [0.29, 0.717) is 11.5 Å². The normalized spacial score (nSPS) is 26.4. The second kappa shape index (κ2) is 8.66. The van der Waals surface area contributed by atoms with Gasteiger partial charge in [0, 0.05) is 51.4 Å². The van der Waals surface area contributed by atoms with E-state index in [2.05, 4.69) is 51.8 Å². The Labute approximate surface area is 183 Å². The molecule has 1 aliphatic carbocycles. The van der Waals surface area contributed by atoms with Crippen LogP contribution in [0, 0.1) is 5.41 Å². The minimum atomic E-state index is 0.618. The van der Waals surface area contributed by atoms with Crippen molar-refractivity contribution in [2.45, 2.75) is 70.9 Å². The van der Waals surface area contributed by atoms with E-state index in [1.165, 1.54) is 82.6 Å². The molecular formula is C25H41N5. The Balaban J connectivity index is 1.12. The molecule has 4 heterocycles. The van der Waals surface area contributed by atoms with Crippen molar-refractivity contribution < 1.29 is 0 Å². The van der Waals surface area contributed by atoms with Crippen molar-refractivity contribution >= 4 is 11.5 Å². The van der Waals surface area contributed by atoms with Crippen molar-refractivity contribution in [1.29, 1.82) is 0 Å². The third kappa shape index (κ3) is 4.20. The molecule has 0 bridgehead atoms. The number of piperazine rings is 1. The Morgan fingerprint density at radius 1 is 0.833 bits per heavy atom. The highest BCUT2D eigenvalue weighted by Crippen LogP contribution is 2.43. The average Bonchev–Trinajstić information content (AvgIpc) is 2.75. The smallest absolute Gasteiger partial charge is 0.128 e. The number of piperidine rings is 2. The Kier molecular flexibility index (Phi) is 5.94. The van der Waals surface area contributed by atoms with Crippen LogP contribution in [-0.4, -0.2) is 79.2 Å². The maximum Gasteiger partial charge on any atom is 0.128 e. The van der Waals surface area contributed by atoms with Crippen molar-refractivity contribution in [3.8, 4) is 0 Å². The van der Waals surface area contributed by atoms with Crippen molar-refractivity contribution in [3.05, 3.63) is 18.3 Å². The molecule has 1 spiro atoms. The number of rotatable bonds is 4. The highest BCUT2D eigenvalue weighted by atomic mass is 15.3. The molecule has 5 nitrogen and oxygen atoms in total. The zero-order valence-electron chi connectivity index (χ0n) is 19.2. The van der Waals surface area contributed by atoms with Crippen LogP contribution >= 0.6 is 0 Å². The van der Waals surface area contributed by atoms with Crippen LogP contribution in [0.15, 0.2) is 18.3 Å². The van der Waals surface area contributed by atoms with E-state index in [1.54, 1.807) is 0 Å². The molecule has 0 unspecified atom stereocenters. The summed E-state index contributed by atoms with van der Waals surface area (Å²) in [5.74, 6) is 1.18. The molecule has 166 valence electrons. The number of anilines is 2. The van der Waals surface area contributed by atoms with Gasteiger partial charge in [-0.05, 0) is 83.0 Å². The highest BCUT2D eigenvalue weighted by Gasteiger charge is 2.39. The van der Waals surface area contributed by atoms with E-state index in [4.69, 9.17) is 4.98 Å². The number of aromatic nitrogens is 1. The second-order valence-electron chi connectivity index (χ2n) is 10.6. The summed E-state index contributed by atoms with van der Waals surface area (Å²) in [6.07, 6.45) is 12.0. The molecule has 1 saturated carbocycles. The fraction of sp³-hybridized carbons (Fsp3) is 0.800. The van der Waals surface area contributed by atoms with Crippen LogP contribution in [0.4, 0.5) is 11.5 Å². The summed E-state index contributed by atoms with van der Waals surface area (Å²) < 4.78 is 0. The molecule has 30 heavy (non-hydrogen) atoms. The molecule has 0 amide bonds. The average molecular weight is 412 g/mol. The van der Waals surface area contributed by atoms with E-state index < -0.39 is 0 Å². The SMILES string of the molecule is CC(C)N1CCN(c2ccc(N3CCC4(CC3)CCN(C3CCC3)CC4)nc2)CC1. The first-order valence-electron chi connectivity index (χ1n) is 12.6. The van der Waals surface area contributed by atoms with Gasteiger partial charge in [-0.25, -0.2) is 4.98 Å². The fourth-order valence-electron chi connectivity index (χ4n) is 6.07. The first kappa shape index (κ1) is 20.6. The fourth-order valence-corrected chi connectivity index (χ4v) is 6.07. The number of pyridine rings is 1. The molecular weight excluding hydrogens is 370 g/mol. The molecule has 0 radical (unpaired) electrons. The summed E-state index contributed by atoms with van der Waals surface area (Å²) in [4.78, 5) is 15.3. The van der Waals surface area contributed by atoms with Crippen LogP contribution in [-0.2, 0) is 0 Å². The van der Waals surface area contributed by atoms with Gasteiger partial charge >= 0.3 is 0 Å². The monoisotopic (exact) mass is 411 g/mol. The van der Waals surface area contributed by atoms with E-state index >= 15 is 0 Å². The lowest BCUT2D eigenvalue weighted by atomic mass is 9.70. The van der Waals surface area contributed by atoms with Crippen molar-refractivity contribution in [2.75, 3.05) is 62.2 Å². The van der Waals surface area contributed by atoms with E-state index in [0.717, 1.165) is 32.2 Å². The maximum absolute atomic E-state index is 4.88. The van der Waals surface area contributed by atoms with Gasteiger partial charge in [-0.1, -0.05) is 6.42 Å². The Morgan fingerprint density at radius 3 is 2.03 bits per heavy atom. The summed E-state index contributed by atoms with van der Waals surface area (Å²) in [6.45, 7) is 14.2. The number of hydrogen-bond acceptors (Lipinski definition) is 5. The highest BCUT2D eigenvalue weighted by molar-refractivity contribution is 5.51. The van der Waals surface area contributed by atoms with Crippen LogP contribution in [0.25, 0.3) is 0 Å². The maximum atomic E-state index is 4.88. The second-order valence-corrected chi connectivity index (χ2v) is 10.6. The third-order valence-corrected chi connectivity index (χ3v) is 8.74. The molecule has 3 aliphatic heterocycles. The van der Waals surface area contributed by atoms with Gasteiger partial charge in [0.05, 0.1) is 11.9 Å². The predicted molar refractivity (Wildman–Crippen MR) is 125 cm³/mol. The molecule has 0 atom stereocenters. The van der Waals surface area contributed by atoms with Gasteiger partial charge in [-0.2, -0.15) is 0 Å². The lowest BCUT2D eigenvalue weighted by molar-refractivity contribution is 0.0305. The molecule has 0 N–H and O–H groups in total. The van der Waals surface area contributed by atoms with Crippen LogP contribution in [0.2, 0.25) is 0 Å². The lowest BCUT2D eigenvalue weighted by Gasteiger charge is -2.50. The number of nitrogens with zero attached hydrogens (tertiary/aromatic N) is 5. The van der Waals surface area contributed by atoms with Crippen LogP contribution in [0.1, 0.15) is 58.8 Å². The van der Waals surface area contributed by atoms with Gasteiger partial charge in [0.1, 0.15) is 5.82 Å². The summed E-state index contributed by atoms with van der Waals surface area (Å²) in [5.41, 5.74) is 1.91. The standard InChI is InChI=1S/C25H41N5/c1-21(2)27-16-18-29(19-17-27)23-6-7-24(26-20-23)30-14-10-25(11-15-30)8-12-28(13-9-25)22-4-3-5-22/h6-7,20-22H,3-5,8-19H2,1-2H3. The summed E-state index contributed by atoms with van der Waals surface area (Å²) in [7, 11) is 0. The van der Waals surface area contributed by atoms with E-state index in [1.807, 2.05) is 0 Å². The predicted octanol–water partition coefficient (Wildman–Crippen LogP) is 3.85. The summed E-state index contributed by atoms with van der Waals surface area (Å²) in [5, 5.41) is 0. The molecule has 4 fully saturated rings.